The first-order valence-corrected chi connectivity index (χ1v) is 10.2. The van der Waals surface area contributed by atoms with Crippen LogP contribution in [0.4, 0.5) is 10.2 Å². The molecule has 0 unspecified atom stereocenters. The van der Waals surface area contributed by atoms with E-state index in [4.69, 9.17) is 0 Å². The van der Waals surface area contributed by atoms with Gasteiger partial charge in [0.05, 0.1) is 18.2 Å². The highest BCUT2D eigenvalue weighted by Crippen LogP contribution is 2.29. The maximum Gasteiger partial charge on any atom is 0.229 e. The fraction of sp³-hybridized carbons (Fsp3) is 0.136. The quantitative estimate of drug-likeness (QED) is 0.423. The van der Waals surface area contributed by atoms with Crippen LogP contribution in [-0.4, -0.2) is 22.0 Å². The summed E-state index contributed by atoms with van der Waals surface area (Å²) in [7, 11) is 0. The lowest BCUT2D eigenvalue weighted by atomic mass is 10.1. The number of nitrogens with zero attached hydrogens (tertiary/aromatic N) is 1. The van der Waals surface area contributed by atoms with Gasteiger partial charge in [-0.1, -0.05) is 42.5 Å². The van der Waals surface area contributed by atoms with E-state index in [1.165, 1.54) is 23.5 Å². The molecule has 30 heavy (non-hydrogen) atoms. The molecule has 0 atom stereocenters. The largest absolute Gasteiger partial charge is 0.352 e. The molecule has 0 aliphatic carbocycles. The predicted octanol–water partition coefficient (Wildman–Crippen LogP) is 3.80. The number of halogens is 1. The Kier molecular flexibility index (Phi) is 5.85. The summed E-state index contributed by atoms with van der Waals surface area (Å²) in [4.78, 5) is 26.1. The molecule has 2 amide bonds. The number of hydrogen-bond acceptors (Lipinski definition) is 4. The van der Waals surface area contributed by atoms with E-state index in [-0.39, 0.29) is 30.5 Å². The van der Waals surface area contributed by atoms with Gasteiger partial charge in [0.25, 0.3) is 0 Å². The third kappa shape index (κ3) is 4.90. The van der Waals surface area contributed by atoms with Crippen molar-refractivity contribution in [3.8, 4) is 0 Å². The lowest BCUT2D eigenvalue weighted by Gasteiger charge is -2.04. The number of benzene rings is 2. The summed E-state index contributed by atoms with van der Waals surface area (Å²) in [6.07, 6.45) is 0.293. The Morgan fingerprint density at radius 1 is 0.967 bits per heavy atom. The van der Waals surface area contributed by atoms with Gasteiger partial charge in [-0.15, -0.1) is 11.3 Å². The van der Waals surface area contributed by atoms with E-state index >= 15 is 0 Å². The van der Waals surface area contributed by atoms with Gasteiger partial charge < -0.3 is 10.6 Å². The van der Waals surface area contributed by atoms with Crippen LogP contribution in [-0.2, 0) is 29.0 Å². The SMILES string of the molecule is O=C(Cc1cc2c(NC(=O)Cc3cccc(F)c3)[nH]nc2s1)NCc1ccccc1. The van der Waals surface area contributed by atoms with Gasteiger partial charge in [0.15, 0.2) is 0 Å². The molecule has 8 heteroatoms. The van der Waals surface area contributed by atoms with Crippen molar-refractivity contribution in [3.05, 3.63) is 82.5 Å². The molecule has 4 aromatic rings. The van der Waals surface area contributed by atoms with Crippen molar-refractivity contribution in [1.29, 1.82) is 0 Å². The zero-order valence-corrected chi connectivity index (χ0v) is 16.8. The molecule has 152 valence electrons. The third-order valence-electron chi connectivity index (χ3n) is 4.49. The highest BCUT2D eigenvalue weighted by atomic mass is 32.1. The fourth-order valence-electron chi connectivity index (χ4n) is 3.08. The third-order valence-corrected chi connectivity index (χ3v) is 5.52. The van der Waals surface area contributed by atoms with E-state index in [1.54, 1.807) is 12.1 Å². The molecule has 0 bridgehead atoms. The molecule has 3 N–H and O–H groups in total. The van der Waals surface area contributed by atoms with Crippen molar-refractivity contribution >= 4 is 39.2 Å². The lowest BCUT2D eigenvalue weighted by Crippen LogP contribution is -2.24. The molecule has 6 nitrogen and oxygen atoms in total. The number of thiophene rings is 1. The second-order valence-corrected chi connectivity index (χ2v) is 7.94. The smallest absolute Gasteiger partial charge is 0.229 e. The minimum atomic E-state index is -0.378. The van der Waals surface area contributed by atoms with E-state index < -0.39 is 0 Å². The monoisotopic (exact) mass is 422 g/mol. The Morgan fingerprint density at radius 2 is 1.77 bits per heavy atom. The molecule has 0 radical (unpaired) electrons. The number of carbonyl (C=O) groups is 2. The van der Waals surface area contributed by atoms with E-state index in [1.807, 2.05) is 36.4 Å². The first kappa shape index (κ1) is 19.8. The van der Waals surface area contributed by atoms with Gasteiger partial charge in [0.2, 0.25) is 11.8 Å². The zero-order valence-electron chi connectivity index (χ0n) is 15.9. The van der Waals surface area contributed by atoms with Crippen LogP contribution < -0.4 is 10.6 Å². The van der Waals surface area contributed by atoms with E-state index in [0.717, 1.165) is 15.8 Å². The van der Waals surface area contributed by atoms with Gasteiger partial charge in [-0.05, 0) is 29.3 Å². The second kappa shape index (κ2) is 8.87. The number of carbonyl (C=O) groups excluding carboxylic acids is 2. The van der Waals surface area contributed by atoms with Crippen LogP contribution >= 0.6 is 11.3 Å². The van der Waals surface area contributed by atoms with Crippen molar-refractivity contribution in [2.45, 2.75) is 19.4 Å². The minimum Gasteiger partial charge on any atom is -0.352 e. The zero-order chi connectivity index (χ0) is 20.9. The molecule has 2 aromatic heterocycles. The first-order chi connectivity index (χ1) is 14.6. The Balaban J connectivity index is 1.37. The van der Waals surface area contributed by atoms with Gasteiger partial charge in [-0.2, -0.15) is 5.10 Å². The van der Waals surface area contributed by atoms with Crippen molar-refractivity contribution in [1.82, 2.24) is 15.5 Å². The summed E-state index contributed by atoms with van der Waals surface area (Å²) in [5.41, 5.74) is 1.62. The standard InChI is InChI=1S/C22H19FN4O2S/c23-16-8-4-7-15(9-16)10-20(29)25-21-18-11-17(30-22(18)27-26-21)12-19(28)24-13-14-5-2-1-3-6-14/h1-9,11H,10,12-13H2,(H,24,28)(H2,25,26,27,29). The number of rotatable bonds is 7. The van der Waals surface area contributed by atoms with Gasteiger partial charge >= 0.3 is 0 Å². The highest BCUT2D eigenvalue weighted by molar-refractivity contribution is 7.18. The molecule has 0 spiro atoms. The molecule has 0 saturated carbocycles. The van der Waals surface area contributed by atoms with Crippen LogP contribution in [0.3, 0.4) is 0 Å². The Labute approximate surface area is 176 Å². The minimum absolute atomic E-state index is 0.0527. The summed E-state index contributed by atoms with van der Waals surface area (Å²) in [6.45, 7) is 0.476. The van der Waals surface area contributed by atoms with Crippen molar-refractivity contribution in [2.75, 3.05) is 5.32 Å². The number of anilines is 1. The molecule has 2 heterocycles. The number of fused-ring (bicyclic) bond motifs is 1. The number of H-pyrrole nitrogens is 1. The number of aromatic amines is 1. The number of amides is 2. The van der Waals surface area contributed by atoms with E-state index in [2.05, 4.69) is 20.8 Å². The normalized spacial score (nSPS) is 10.8. The maximum absolute atomic E-state index is 13.3. The molecule has 0 saturated heterocycles. The molecule has 0 aliphatic rings. The van der Waals surface area contributed by atoms with Crippen molar-refractivity contribution in [3.63, 3.8) is 0 Å². The van der Waals surface area contributed by atoms with Crippen LogP contribution in [0.2, 0.25) is 0 Å². The molecule has 0 fully saturated rings. The fourth-order valence-corrected chi connectivity index (χ4v) is 4.07. The van der Waals surface area contributed by atoms with Crippen LogP contribution in [0.25, 0.3) is 10.2 Å². The van der Waals surface area contributed by atoms with Gasteiger partial charge in [-0.25, -0.2) is 4.39 Å². The molecule has 0 aliphatic heterocycles. The van der Waals surface area contributed by atoms with Crippen molar-refractivity contribution in [2.24, 2.45) is 0 Å². The second-order valence-electron chi connectivity index (χ2n) is 6.82. The summed E-state index contributed by atoms with van der Waals surface area (Å²) in [5, 5.41) is 13.4. The average molecular weight is 422 g/mol. The molecule has 4 rings (SSSR count). The topological polar surface area (TPSA) is 86.9 Å². The van der Waals surface area contributed by atoms with Gasteiger partial charge in [-0.3, -0.25) is 14.7 Å². The molecule has 2 aromatic carbocycles. The Bertz CT molecular complexity index is 1190. The summed E-state index contributed by atoms with van der Waals surface area (Å²) in [6, 6.07) is 17.5. The van der Waals surface area contributed by atoms with Crippen LogP contribution in [0, 0.1) is 5.82 Å². The summed E-state index contributed by atoms with van der Waals surface area (Å²) >= 11 is 1.40. The number of hydrogen-bond donors (Lipinski definition) is 3. The van der Waals surface area contributed by atoms with Crippen LogP contribution in [0.15, 0.2) is 60.7 Å². The summed E-state index contributed by atoms with van der Waals surface area (Å²) < 4.78 is 13.3. The average Bonchev–Trinajstić information content (AvgIpc) is 3.28. The Hall–Kier alpha value is -3.52. The van der Waals surface area contributed by atoms with Crippen LogP contribution in [0.5, 0.6) is 0 Å². The first-order valence-electron chi connectivity index (χ1n) is 9.38. The van der Waals surface area contributed by atoms with E-state index in [0.29, 0.717) is 22.8 Å². The van der Waals surface area contributed by atoms with Gasteiger partial charge in [0.1, 0.15) is 16.5 Å². The molecular formula is C22H19FN4O2S. The summed E-state index contributed by atoms with van der Waals surface area (Å²) in [5.74, 6) is -0.265. The van der Waals surface area contributed by atoms with Gasteiger partial charge in [0, 0.05) is 11.4 Å². The number of aromatic nitrogens is 2. The lowest BCUT2D eigenvalue weighted by molar-refractivity contribution is -0.120. The highest BCUT2D eigenvalue weighted by Gasteiger charge is 2.15. The van der Waals surface area contributed by atoms with Crippen LogP contribution in [0.1, 0.15) is 16.0 Å². The Morgan fingerprint density at radius 3 is 2.57 bits per heavy atom. The predicted molar refractivity (Wildman–Crippen MR) is 115 cm³/mol. The number of nitrogens with one attached hydrogen (secondary N) is 3. The van der Waals surface area contributed by atoms with Crippen molar-refractivity contribution < 1.29 is 14.0 Å². The maximum atomic E-state index is 13.3. The van der Waals surface area contributed by atoms with E-state index in [9.17, 15) is 14.0 Å². The molecular weight excluding hydrogens is 403 g/mol.